The highest BCUT2D eigenvalue weighted by Crippen LogP contribution is 2.30. The van der Waals surface area contributed by atoms with Crippen LogP contribution in [0.5, 0.6) is 23.0 Å². The average molecular weight is 909 g/mol. The van der Waals surface area contributed by atoms with Gasteiger partial charge in [0.15, 0.2) is 5.58 Å². The van der Waals surface area contributed by atoms with Gasteiger partial charge in [-0.25, -0.2) is 9.78 Å². The van der Waals surface area contributed by atoms with Gasteiger partial charge in [0.25, 0.3) is 0 Å². The number of phenolic OH excluding ortho intramolecular Hbond substituents is 1. The number of phenols is 1. The van der Waals surface area contributed by atoms with Gasteiger partial charge in [-0.15, -0.1) is 0 Å². The number of oxazole rings is 1. The fourth-order valence-corrected chi connectivity index (χ4v) is 8.57. The van der Waals surface area contributed by atoms with Gasteiger partial charge in [0.2, 0.25) is 5.89 Å². The molecule has 1 aliphatic carbocycles. The molecule has 1 N–H and O–H groups in total. The SMILES string of the molecule is CCCCCCCCCCCCCCCCOc1ccc2nc(-c3ccc(N=Cc4ccc(OC(=O)c5ccc(OCCCCCCCCCCCC6C=CC=C6)cc5)cc4O)cc3)oc2c1. The Kier molecular flexibility index (Phi) is 22.7. The van der Waals surface area contributed by atoms with E-state index in [1.165, 1.54) is 141 Å². The van der Waals surface area contributed by atoms with Crippen molar-refractivity contribution in [2.24, 2.45) is 10.9 Å². The first-order valence-electron chi connectivity index (χ1n) is 25.8. The molecule has 0 radical (unpaired) electrons. The molecule has 6 rings (SSSR count). The van der Waals surface area contributed by atoms with Crippen molar-refractivity contribution in [2.75, 3.05) is 13.2 Å². The van der Waals surface area contributed by atoms with Crippen molar-refractivity contribution in [3.05, 3.63) is 120 Å². The molecule has 1 aliphatic rings. The maximum Gasteiger partial charge on any atom is 0.343 e. The number of rotatable bonds is 34. The van der Waals surface area contributed by atoms with Crippen LogP contribution in [0.3, 0.4) is 0 Å². The second kappa shape index (κ2) is 29.9. The summed E-state index contributed by atoms with van der Waals surface area (Å²) in [6.45, 7) is 3.64. The lowest BCUT2D eigenvalue weighted by molar-refractivity contribution is 0.0734. The topological polar surface area (TPSA) is 103 Å². The highest BCUT2D eigenvalue weighted by atomic mass is 16.5. The number of carbonyl (C=O) groups excluding carboxylic acids is 1. The number of unbranched alkanes of at least 4 members (excludes halogenated alkanes) is 21. The molecule has 5 aromatic rings. The Morgan fingerprint density at radius 2 is 1.15 bits per heavy atom. The van der Waals surface area contributed by atoms with Gasteiger partial charge >= 0.3 is 5.97 Å². The van der Waals surface area contributed by atoms with Crippen molar-refractivity contribution >= 4 is 29.0 Å². The summed E-state index contributed by atoms with van der Waals surface area (Å²) in [5.41, 5.74) is 3.87. The summed E-state index contributed by atoms with van der Waals surface area (Å²) >= 11 is 0. The summed E-state index contributed by atoms with van der Waals surface area (Å²) in [5, 5.41) is 10.7. The van der Waals surface area contributed by atoms with Crippen molar-refractivity contribution < 1.29 is 28.5 Å². The monoisotopic (exact) mass is 909 g/mol. The molecule has 0 saturated carbocycles. The van der Waals surface area contributed by atoms with Crippen molar-refractivity contribution in [3.63, 3.8) is 0 Å². The van der Waals surface area contributed by atoms with Crippen LogP contribution in [0.1, 0.15) is 177 Å². The molecule has 0 bridgehead atoms. The number of aromatic hydroxyl groups is 1. The molecule has 0 atom stereocenters. The fraction of sp³-hybridized carbons (Fsp3) is 0.475. The maximum absolute atomic E-state index is 12.9. The van der Waals surface area contributed by atoms with Gasteiger partial charge in [0.05, 0.1) is 24.5 Å². The summed E-state index contributed by atoms with van der Waals surface area (Å²) in [5.74, 6) is 2.39. The van der Waals surface area contributed by atoms with Crippen LogP contribution in [-0.4, -0.2) is 35.5 Å². The Morgan fingerprint density at radius 1 is 0.612 bits per heavy atom. The largest absolute Gasteiger partial charge is 0.507 e. The number of carbonyl (C=O) groups is 1. The van der Waals surface area contributed by atoms with Gasteiger partial charge in [-0.3, -0.25) is 4.99 Å². The van der Waals surface area contributed by atoms with Crippen LogP contribution >= 0.6 is 0 Å². The van der Waals surface area contributed by atoms with E-state index >= 15 is 0 Å². The second-order valence-corrected chi connectivity index (χ2v) is 18.3. The Bertz CT molecular complexity index is 2240. The highest BCUT2D eigenvalue weighted by molar-refractivity contribution is 5.91. The van der Waals surface area contributed by atoms with Gasteiger partial charge in [0, 0.05) is 29.5 Å². The van der Waals surface area contributed by atoms with Crippen LogP contribution in [0.25, 0.3) is 22.6 Å². The number of aromatic nitrogens is 1. The number of nitrogens with zero attached hydrogens (tertiary/aromatic N) is 2. The second-order valence-electron chi connectivity index (χ2n) is 18.3. The van der Waals surface area contributed by atoms with Crippen LogP contribution in [0.15, 0.2) is 119 Å². The molecule has 4 aromatic carbocycles. The summed E-state index contributed by atoms with van der Waals surface area (Å²) in [6, 6.07) is 25.1. The first kappa shape index (κ1) is 50.8. The lowest BCUT2D eigenvalue weighted by Gasteiger charge is -2.08. The van der Waals surface area contributed by atoms with E-state index in [-0.39, 0.29) is 11.5 Å². The molecule has 0 saturated heterocycles. The molecule has 8 nitrogen and oxygen atoms in total. The van der Waals surface area contributed by atoms with Crippen molar-refractivity contribution in [1.29, 1.82) is 0 Å². The molecule has 0 spiro atoms. The molecule has 0 unspecified atom stereocenters. The van der Waals surface area contributed by atoms with Crippen LogP contribution in [-0.2, 0) is 0 Å². The number of esters is 1. The van der Waals surface area contributed by atoms with E-state index in [4.69, 9.17) is 18.6 Å². The number of hydrogen-bond acceptors (Lipinski definition) is 8. The fourth-order valence-electron chi connectivity index (χ4n) is 8.57. The third-order valence-electron chi connectivity index (χ3n) is 12.7. The van der Waals surface area contributed by atoms with E-state index < -0.39 is 5.97 Å². The number of aliphatic imine (C=N–C) groups is 1. The third kappa shape index (κ3) is 18.9. The predicted molar refractivity (Wildman–Crippen MR) is 275 cm³/mol. The van der Waals surface area contributed by atoms with E-state index in [0.717, 1.165) is 41.8 Å². The summed E-state index contributed by atoms with van der Waals surface area (Å²) in [6.07, 6.45) is 41.9. The third-order valence-corrected chi connectivity index (χ3v) is 12.7. The predicted octanol–water partition coefficient (Wildman–Crippen LogP) is 17.1. The van der Waals surface area contributed by atoms with Gasteiger partial charge in [-0.1, -0.05) is 166 Å². The van der Waals surface area contributed by atoms with E-state index in [0.29, 0.717) is 47.4 Å². The van der Waals surface area contributed by atoms with Gasteiger partial charge in [0.1, 0.15) is 28.5 Å². The molecule has 1 aromatic heterocycles. The number of fused-ring (bicyclic) bond motifs is 1. The van der Waals surface area contributed by atoms with Crippen LogP contribution in [0, 0.1) is 5.92 Å². The first-order valence-corrected chi connectivity index (χ1v) is 25.8. The molecule has 0 amide bonds. The Balaban J connectivity index is 0.829. The van der Waals surface area contributed by atoms with Crippen molar-refractivity contribution in [1.82, 2.24) is 4.98 Å². The van der Waals surface area contributed by atoms with Crippen LogP contribution < -0.4 is 14.2 Å². The van der Waals surface area contributed by atoms with E-state index in [2.05, 4.69) is 41.2 Å². The maximum atomic E-state index is 12.9. The molecule has 0 fully saturated rings. The van der Waals surface area contributed by atoms with Crippen LogP contribution in [0.4, 0.5) is 5.69 Å². The Hall–Kier alpha value is -5.63. The molecular formula is C59H76N2O6. The molecular weight excluding hydrogens is 833 g/mol. The standard InChI is InChI=1S/C59H76N2O6/c1-2-3-4-5-6-7-8-9-10-11-14-18-21-26-43-65-53-40-41-55-57(45-53)67-58(61-55)48-30-35-51(36-31-48)60-46-50-34-39-54(44-56(50)62)66-59(63)49-32-37-52(38-33-49)64-42-25-20-17-15-12-13-16-19-22-27-47-28-23-24-29-47/h23-24,28-41,44-47,62H,2-22,25-27,42-43H2,1H3. The highest BCUT2D eigenvalue weighted by Gasteiger charge is 2.13. The molecule has 358 valence electrons. The minimum Gasteiger partial charge on any atom is -0.507 e. The van der Waals surface area contributed by atoms with Gasteiger partial charge in [-0.05, 0) is 98.0 Å². The minimum absolute atomic E-state index is 0.0512. The Labute approximate surface area is 401 Å². The lowest BCUT2D eigenvalue weighted by atomic mass is 10.0. The first-order chi connectivity index (χ1) is 33.0. The number of benzene rings is 4. The summed E-state index contributed by atoms with van der Waals surface area (Å²) in [4.78, 5) is 22.1. The van der Waals surface area contributed by atoms with Crippen molar-refractivity contribution in [2.45, 2.75) is 161 Å². The normalized spacial score (nSPS) is 12.5. The molecule has 1 heterocycles. The smallest absolute Gasteiger partial charge is 0.343 e. The van der Waals surface area contributed by atoms with Gasteiger partial charge < -0.3 is 23.7 Å². The summed E-state index contributed by atoms with van der Waals surface area (Å²) < 4.78 is 23.7. The number of ether oxygens (including phenoxy) is 3. The lowest BCUT2D eigenvalue weighted by Crippen LogP contribution is -2.08. The summed E-state index contributed by atoms with van der Waals surface area (Å²) in [7, 11) is 0. The van der Waals surface area contributed by atoms with E-state index in [1.54, 1.807) is 42.6 Å². The zero-order chi connectivity index (χ0) is 46.6. The average Bonchev–Trinajstić information content (AvgIpc) is 4.04. The quantitative estimate of drug-likeness (QED) is 0.0190. The minimum atomic E-state index is -0.515. The van der Waals surface area contributed by atoms with E-state index in [1.807, 2.05) is 42.5 Å². The van der Waals surface area contributed by atoms with E-state index in [9.17, 15) is 9.90 Å². The zero-order valence-electron chi connectivity index (χ0n) is 40.3. The van der Waals surface area contributed by atoms with Gasteiger partial charge in [-0.2, -0.15) is 0 Å². The molecule has 0 aliphatic heterocycles. The van der Waals surface area contributed by atoms with Crippen LogP contribution in [0.2, 0.25) is 0 Å². The molecule has 8 heteroatoms. The Morgan fingerprint density at radius 3 is 1.75 bits per heavy atom. The number of hydrogen-bond donors (Lipinski definition) is 1. The molecule has 67 heavy (non-hydrogen) atoms. The number of allylic oxidation sites excluding steroid dienone is 4. The zero-order valence-corrected chi connectivity index (χ0v) is 40.3. The van der Waals surface area contributed by atoms with Crippen molar-refractivity contribution in [3.8, 4) is 34.5 Å².